The summed E-state index contributed by atoms with van der Waals surface area (Å²) in [5, 5.41) is 0. The molecule has 2 aliphatic rings. The van der Waals surface area contributed by atoms with Crippen LogP contribution >= 0.6 is 0 Å². The Morgan fingerprint density at radius 2 is 1.61 bits per heavy atom. The van der Waals surface area contributed by atoms with Gasteiger partial charge < -0.3 is 24.0 Å². The lowest BCUT2D eigenvalue weighted by atomic mass is 10.3. The van der Waals surface area contributed by atoms with Crippen LogP contribution in [-0.2, 0) is 14.8 Å². The molecule has 0 unspecified atom stereocenters. The van der Waals surface area contributed by atoms with Crippen molar-refractivity contribution < 1.29 is 22.6 Å². The van der Waals surface area contributed by atoms with E-state index in [0.29, 0.717) is 56.8 Å². The van der Waals surface area contributed by atoms with Crippen LogP contribution in [-0.4, -0.2) is 89.4 Å². The summed E-state index contributed by atoms with van der Waals surface area (Å²) in [6, 6.07) is 6.51. The summed E-state index contributed by atoms with van der Waals surface area (Å²) in [6.45, 7) is 4.70. The van der Waals surface area contributed by atoms with Crippen molar-refractivity contribution in [3.63, 3.8) is 0 Å². The van der Waals surface area contributed by atoms with Crippen molar-refractivity contribution >= 4 is 21.8 Å². The average Bonchev–Trinajstić information content (AvgIpc) is 2.84. The molecule has 11 heteroatoms. The van der Waals surface area contributed by atoms with Gasteiger partial charge in [-0.15, -0.1) is 0 Å². The monoisotopic (exact) mass is 449 g/mol. The lowest BCUT2D eigenvalue weighted by molar-refractivity contribution is 0.122. The molecule has 0 atom stereocenters. The highest BCUT2D eigenvalue weighted by Crippen LogP contribution is 2.31. The van der Waals surface area contributed by atoms with Gasteiger partial charge in [0.1, 0.15) is 5.82 Å². The second kappa shape index (κ2) is 9.25. The van der Waals surface area contributed by atoms with Crippen LogP contribution in [0, 0.1) is 0 Å². The van der Waals surface area contributed by atoms with E-state index < -0.39 is 10.0 Å². The van der Waals surface area contributed by atoms with Crippen LogP contribution in [0.15, 0.2) is 35.4 Å². The Morgan fingerprint density at radius 1 is 0.903 bits per heavy atom. The number of methoxy groups -OCH3 is 2. The standard InChI is InChI=1S/C20H27N5O5S/c1-28-17-4-3-16(15-18(17)29-2)31(26,27)25-9-7-23(8-10-25)19-5-6-21-20(22-19)24-11-13-30-14-12-24/h3-6,15H,7-14H2,1-2H3. The Bertz CT molecular complexity index is 1000. The molecule has 0 radical (unpaired) electrons. The molecular formula is C20H27N5O5S. The van der Waals surface area contributed by atoms with E-state index in [4.69, 9.17) is 19.2 Å². The minimum atomic E-state index is -3.63. The molecule has 1 aromatic carbocycles. The summed E-state index contributed by atoms with van der Waals surface area (Å²) in [6.07, 6.45) is 1.75. The van der Waals surface area contributed by atoms with Crippen LogP contribution in [0.3, 0.4) is 0 Å². The number of hydrogen-bond donors (Lipinski definition) is 0. The molecule has 0 aliphatic carbocycles. The van der Waals surface area contributed by atoms with E-state index in [-0.39, 0.29) is 4.90 Å². The first kappa shape index (κ1) is 21.6. The molecule has 2 saturated heterocycles. The Labute approximate surface area is 182 Å². The second-order valence-electron chi connectivity index (χ2n) is 7.22. The molecule has 4 rings (SSSR count). The minimum absolute atomic E-state index is 0.190. The van der Waals surface area contributed by atoms with E-state index in [1.165, 1.54) is 24.6 Å². The van der Waals surface area contributed by atoms with Crippen molar-refractivity contribution in [1.29, 1.82) is 0 Å². The molecule has 168 valence electrons. The van der Waals surface area contributed by atoms with Gasteiger partial charge in [-0.1, -0.05) is 0 Å². The van der Waals surface area contributed by atoms with Crippen LogP contribution in [0.5, 0.6) is 11.5 Å². The van der Waals surface area contributed by atoms with Gasteiger partial charge in [-0.05, 0) is 18.2 Å². The molecule has 31 heavy (non-hydrogen) atoms. The van der Waals surface area contributed by atoms with Gasteiger partial charge in [-0.25, -0.2) is 13.4 Å². The highest BCUT2D eigenvalue weighted by atomic mass is 32.2. The number of benzene rings is 1. The third-order valence-corrected chi connectivity index (χ3v) is 7.37. The van der Waals surface area contributed by atoms with Gasteiger partial charge in [-0.2, -0.15) is 9.29 Å². The van der Waals surface area contributed by atoms with E-state index in [9.17, 15) is 8.42 Å². The Hall–Kier alpha value is -2.63. The fraction of sp³-hybridized carbons (Fsp3) is 0.500. The minimum Gasteiger partial charge on any atom is -0.493 e. The molecule has 0 spiro atoms. The van der Waals surface area contributed by atoms with Crippen LogP contribution in [0.2, 0.25) is 0 Å². The fourth-order valence-electron chi connectivity index (χ4n) is 3.71. The Morgan fingerprint density at radius 3 is 2.29 bits per heavy atom. The predicted molar refractivity (Wildman–Crippen MR) is 116 cm³/mol. The SMILES string of the molecule is COc1ccc(S(=O)(=O)N2CCN(c3ccnc(N4CCOCC4)n3)CC2)cc1OC. The largest absolute Gasteiger partial charge is 0.493 e. The maximum absolute atomic E-state index is 13.1. The van der Waals surface area contributed by atoms with Crippen LogP contribution in [0.25, 0.3) is 0 Å². The number of nitrogens with zero attached hydrogens (tertiary/aromatic N) is 5. The summed E-state index contributed by atoms with van der Waals surface area (Å²) in [7, 11) is -0.632. The average molecular weight is 450 g/mol. The van der Waals surface area contributed by atoms with Gasteiger partial charge in [-0.3, -0.25) is 0 Å². The van der Waals surface area contributed by atoms with E-state index >= 15 is 0 Å². The first-order valence-electron chi connectivity index (χ1n) is 10.2. The molecule has 2 fully saturated rings. The first-order chi connectivity index (χ1) is 15.0. The van der Waals surface area contributed by atoms with Gasteiger partial charge in [0.2, 0.25) is 16.0 Å². The van der Waals surface area contributed by atoms with Gasteiger partial charge in [0.05, 0.1) is 32.3 Å². The van der Waals surface area contributed by atoms with Crippen molar-refractivity contribution in [3.8, 4) is 11.5 Å². The number of sulfonamides is 1. The number of hydrogen-bond acceptors (Lipinski definition) is 9. The third-order valence-electron chi connectivity index (χ3n) is 5.48. The maximum Gasteiger partial charge on any atom is 0.243 e. The van der Waals surface area contributed by atoms with E-state index in [1.807, 2.05) is 6.07 Å². The number of anilines is 2. The van der Waals surface area contributed by atoms with E-state index in [2.05, 4.69) is 14.8 Å². The maximum atomic E-state index is 13.1. The summed E-state index contributed by atoms with van der Waals surface area (Å²) >= 11 is 0. The van der Waals surface area contributed by atoms with Gasteiger partial charge >= 0.3 is 0 Å². The van der Waals surface area contributed by atoms with Gasteiger partial charge in [0, 0.05) is 51.5 Å². The molecular weight excluding hydrogens is 422 g/mol. The number of ether oxygens (including phenoxy) is 3. The first-order valence-corrected chi connectivity index (χ1v) is 11.6. The summed E-state index contributed by atoms with van der Waals surface area (Å²) < 4.78 is 43.6. The molecule has 0 bridgehead atoms. The van der Waals surface area contributed by atoms with E-state index in [0.717, 1.165) is 18.9 Å². The summed E-state index contributed by atoms with van der Waals surface area (Å²) in [5.41, 5.74) is 0. The Balaban J connectivity index is 1.45. The van der Waals surface area contributed by atoms with Crippen molar-refractivity contribution in [1.82, 2.24) is 14.3 Å². The third kappa shape index (κ3) is 4.53. The number of aromatic nitrogens is 2. The molecule has 2 aromatic rings. The van der Waals surface area contributed by atoms with Crippen LogP contribution in [0.4, 0.5) is 11.8 Å². The highest BCUT2D eigenvalue weighted by molar-refractivity contribution is 7.89. The summed E-state index contributed by atoms with van der Waals surface area (Å²) in [5.74, 6) is 2.37. The summed E-state index contributed by atoms with van der Waals surface area (Å²) in [4.78, 5) is 13.5. The lowest BCUT2D eigenvalue weighted by Gasteiger charge is -2.35. The van der Waals surface area contributed by atoms with Crippen LogP contribution in [0.1, 0.15) is 0 Å². The van der Waals surface area contributed by atoms with Crippen LogP contribution < -0.4 is 19.3 Å². The molecule has 10 nitrogen and oxygen atoms in total. The second-order valence-corrected chi connectivity index (χ2v) is 9.16. The fourth-order valence-corrected chi connectivity index (χ4v) is 5.15. The molecule has 0 amide bonds. The van der Waals surface area contributed by atoms with Gasteiger partial charge in [0.15, 0.2) is 11.5 Å². The molecule has 2 aliphatic heterocycles. The smallest absolute Gasteiger partial charge is 0.243 e. The zero-order valence-electron chi connectivity index (χ0n) is 17.7. The number of piperazine rings is 1. The van der Waals surface area contributed by atoms with Crippen molar-refractivity contribution in [3.05, 3.63) is 30.5 Å². The highest BCUT2D eigenvalue weighted by Gasteiger charge is 2.30. The van der Waals surface area contributed by atoms with Gasteiger partial charge in [0.25, 0.3) is 0 Å². The zero-order chi connectivity index (χ0) is 21.8. The van der Waals surface area contributed by atoms with Crippen molar-refractivity contribution in [2.24, 2.45) is 0 Å². The van der Waals surface area contributed by atoms with Crippen molar-refractivity contribution in [2.45, 2.75) is 4.90 Å². The predicted octanol–water partition coefficient (Wildman–Crippen LogP) is 0.841. The zero-order valence-corrected chi connectivity index (χ0v) is 18.5. The lowest BCUT2D eigenvalue weighted by Crippen LogP contribution is -2.49. The molecule has 0 saturated carbocycles. The molecule has 1 aromatic heterocycles. The molecule has 3 heterocycles. The van der Waals surface area contributed by atoms with Crippen molar-refractivity contribution in [2.75, 3.05) is 76.5 Å². The Kier molecular flexibility index (Phi) is 6.44. The van der Waals surface area contributed by atoms with E-state index in [1.54, 1.807) is 18.3 Å². The normalized spacial score (nSPS) is 18.1. The molecule has 0 N–H and O–H groups in total. The topological polar surface area (TPSA) is 97.3 Å². The number of rotatable bonds is 6. The quantitative estimate of drug-likeness (QED) is 0.635. The number of morpholine rings is 1.